The summed E-state index contributed by atoms with van der Waals surface area (Å²) in [7, 11) is 0. The predicted molar refractivity (Wildman–Crippen MR) is 66.4 cm³/mol. The Morgan fingerprint density at radius 2 is 1.88 bits per heavy atom. The largest absolute Gasteiger partial charge is 0.381 e. The third-order valence-corrected chi connectivity index (χ3v) is 4.35. The normalized spacial score (nSPS) is 28.1. The van der Waals surface area contributed by atoms with E-state index in [1.54, 1.807) is 0 Å². The fourth-order valence-electron chi connectivity index (χ4n) is 2.94. The molecule has 0 aromatic rings. The number of nitrogens with zero attached hydrogens (tertiary/aromatic N) is 1. The summed E-state index contributed by atoms with van der Waals surface area (Å²) in [4.78, 5) is 2.64. The molecule has 0 radical (unpaired) electrons. The third kappa shape index (κ3) is 3.19. The van der Waals surface area contributed by atoms with Gasteiger partial charge in [-0.2, -0.15) is 0 Å². The molecular formula is C13H26N2O. The van der Waals surface area contributed by atoms with E-state index in [0.717, 1.165) is 25.7 Å². The molecule has 94 valence electrons. The maximum absolute atomic E-state index is 5.72. The van der Waals surface area contributed by atoms with Gasteiger partial charge in [0.1, 0.15) is 0 Å². The molecule has 2 heterocycles. The summed E-state index contributed by atoms with van der Waals surface area (Å²) in [5, 5.41) is 0. The van der Waals surface area contributed by atoms with Crippen molar-refractivity contribution in [1.29, 1.82) is 0 Å². The molecule has 0 unspecified atom stereocenters. The Labute approximate surface area is 99.3 Å². The molecule has 3 heteroatoms. The van der Waals surface area contributed by atoms with Crippen molar-refractivity contribution in [2.75, 3.05) is 39.4 Å². The Hall–Kier alpha value is -0.120. The van der Waals surface area contributed by atoms with Gasteiger partial charge in [0.05, 0.1) is 0 Å². The lowest BCUT2D eigenvalue weighted by atomic mass is 9.81. The molecule has 16 heavy (non-hydrogen) atoms. The number of rotatable bonds is 3. The van der Waals surface area contributed by atoms with Crippen LogP contribution in [0.3, 0.4) is 0 Å². The van der Waals surface area contributed by atoms with Gasteiger partial charge < -0.3 is 15.4 Å². The SMILES string of the molecule is CC1(CN2CCC(CN)CC2)CCOCC1. The lowest BCUT2D eigenvalue weighted by molar-refractivity contribution is -0.000170. The lowest BCUT2D eigenvalue weighted by Crippen LogP contribution is -2.44. The van der Waals surface area contributed by atoms with Gasteiger partial charge in [0.15, 0.2) is 0 Å². The highest BCUT2D eigenvalue weighted by Crippen LogP contribution is 2.31. The summed E-state index contributed by atoms with van der Waals surface area (Å²) >= 11 is 0. The molecule has 3 nitrogen and oxygen atoms in total. The van der Waals surface area contributed by atoms with E-state index in [1.807, 2.05) is 0 Å². The van der Waals surface area contributed by atoms with Crippen LogP contribution in [0.1, 0.15) is 32.6 Å². The van der Waals surface area contributed by atoms with Crippen molar-refractivity contribution in [2.45, 2.75) is 32.6 Å². The van der Waals surface area contributed by atoms with E-state index in [9.17, 15) is 0 Å². The monoisotopic (exact) mass is 226 g/mol. The van der Waals surface area contributed by atoms with E-state index in [1.165, 1.54) is 45.3 Å². The Kier molecular flexibility index (Phi) is 4.22. The van der Waals surface area contributed by atoms with Crippen molar-refractivity contribution in [3.8, 4) is 0 Å². The Balaban J connectivity index is 1.77. The minimum Gasteiger partial charge on any atom is -0.381 e. The first kappa shape index (κ1) is 12.3. The Morgan fingerprint density at radius 3 is 2.44 bits per heavy atom. The van der Waals surface area contributed by atoms with Crippen molar-refractivity contribution in [1.82, 2.24) is 4.90 Å². The van der Waals surface area contributed by atoms with Gasteiger partial charge >= 0.3 is 0 Å². The van der Waals surface area contributed by atoms with E-state index in [-0.39, 0.29) is 0 Å². The molecular weight excluding hydrogens is 200 g/mol. The van der Waals surface area contributed by atoms with E-state index < -0.39 is 0 Å². The fourth-order valence-corrected chi connectivity index (χ4v) is 2.94. The van der Waals surface area contributed by atoms with Crippen molar-refractivity contribution < 1.29 is 4.74 Å². The van der Waals surface area contributed by atoms with Gasteiger partial charge in [-0.3, -0.25) is 0 Å². The highest BCUT2D eigenvalue weighted by Gasteiger charge is 2.30. The summed E-state index contributed by atoms with van der Waals surface area (Å²) in [5.74, 6) is 0.777. The van der Waals surface area contributed by atoms with Crippen molar-refractivity contribution in [2.24, 2.45) is 17.1 Å². The molecule has 0 spiro atoms. The van der Waals surface area contributed by atoms with Crippen LogP contribution in [0, 0.1) is 11.3 Å². The zero-order chi connectivity index (χ0) is 11.4. The second kappa shape index (κ2) is 5.48. The zero-order valence-electron chi connectivity index (χ0n) is 10.6. The maximum atomic E-state index is 5.72. The van der Waals surface area contributed by atoms with Gasteiger partial charge in [-0.15, -0.1) is 0 Å². The lowest BCUT2D eigenvalue weighted by Gasteiger charge is -2.40. The average molecular weight is 226 g/mol. The minimum absolute atomic E-state index is 0.494. The number of likely N-dealkylation sites (tertiary alicyclic amines) is 1. The molecule has 0 atom stereocenters. The van der Waals surface area contributed by atoms with Crippen LogP contribution in [0.25, 0.3) is 0 Å². The smallest absolute Gasteiger partial charge is 0.0471 e. The van der Waals surface area contributed by atoms with Gasteiger partial charge in [-0.1, -0.05) is 6.92 Å². The molecule has 2 aliphatic rings. The van der Waals surface area contributed by atoms with Gasteiger partial charge in [0.25, 0.3) is 0 Å². The molecule has 2 rings (SSSR count). The van der Waals surface area contributed by atoms with E-state index in [2.05, 4.69) is 11.8 Å². The number of nitrogens with two attached hydrogens (primary N) is 1. The summed E-state index contributed by atoms with van der Waals surface area (Å²) in [6, 6.07) is 0. The first-order valence-corrected chi connectivity index (χ1v) is 6.72. The third-order valence-electron chi connectivity index (χ3n) is 4.35. The summed E-state index contributed by atoms with van der Waals surface area (Å²) in [6.45, 7) is 8.96. The second-order valence-electron chi connectivity index (χ2n) is 5.88. The van der Waals surface area contributed by atoms with E-state index in [0.29, 0.717) is 5.41 Å². The minimum atomic E-state index is 0.494. The molecule has 0 saturated carbocycles. The van der Waals surface area contributed by atoms with Gasteiger partial charge in [0, 0.05) is 19.8 Å². The van der Waals surface area contributed by atoms with Crippen molar-refractivity contribution in [3.05, 3.63) is 0 Å². The van der Waals surface area contributed by atoms with E-state index in [4.69, 9.17) is 10.5 Å². The molecule has 2 saturated heterocycles. The quantitative estimate of drug-likeness (QED) is 0.792. The molecule has 2 fully saturated rings. The van der Waals surface area contributed by atoms with Crippen LogP contribution in [0.5, 0.6) is 0 Å². The van der Waals surface area contributed by atoms with Crippen LogP contribution in [-0.2, 0) is 4.74 Å². The number of ether oxygens (including phenoxy) is 1. The van der Waals surface area contributed by atoms with Crippen molar-refractivity contribution >= 4 is 0 Å². The van der Waals surface area contributed by atoms with Crippen LogP contribution in [0.4, 0.5) is 0 Å². The van der Waals surface area contributed by atoms with Crippen LogP contribution in [0.15, 0.2) is 0 Å². The zero-order valence-corrected chi connectivity index (χ0v) is 10.6. The Morgan fingerprint density at radius 1 is 1.25 bits per heavy atom. The van der Waals surface area contributed by atoms with E-state index >= 15 is 0 Å². The van der Waals surface area contributed by atoms with Gasteiger partial charge in [0.2, 0.25) is 0 Å². The number of hydrogen-bond acceptors (Lipinski definition) is 3. The highest BCUT2D eigenvalue weighted by molar-refractivity contribution is 4.83. The summed E-state index contributed by atoms with van der Waals surface area (Å²) < 4.78 is 5.45. The average Bonchev–Trinajstić information content (AvgIpc) is 2.30. The van der Waals surface area contributed by atoms with Crippen molar-refractivity contribution in [3.63, 3.8) is 0 Å². The molecule has 0 aliphatic carbocycles. The molecule has 0 aromatic heterocycles. The van der Waals surface area contributed by atoms with Crippen LogP contribution >= 0.6 is 0 Å². The topological polar surface area (TPSA) is 38.5 Å². The highest BCUT2D eigenvalue weighted by atomic mass is 16.5. The predicted octanol–water partition coefficient (Wildman–Crippen LogP) is 1.47. The van der Waals surface area contributed by atoms with Gasteiger partial charge in [-0.25, -0.2) is 0 Å². The molecule has 0 aromatic carbocycles. The number of piperidine rings is 1. The second-order valence-corrected chi connectivity index (χ2v) is 5.88. The fraction of sp³-hybridized carbons (Fsp3) is 1.00. The number of hydrogen-bond donors (Lipinski definition) is 1. The molecule has 2 N–H and O–H groups in total. The first-order chi connectivity index (χ1) is 7.72. The van der Waals surface area contributed by atoms with Gasteiger partial charge in [-0.05, 0) is 56.7 Å². The van der Waals surface area contributed by atoms with Crippen LogP contribution in [-0.4, -0.2) is 44.3 Å². The standard InChI is InChI=1S/C13H26N2O/c1-13(4-8-16-9-5-13)11-15-6-2-12(10-14)3-7-15/h12H,2-11,14H2,1H3. The first-order valence-electron chi connectivity index (χ1n) is 6.72. The summed E-state index contributed by atoms with van der Waals surface area (Å²) in [6.07, 6.45) is 5.04. The molecule has 0 bridgehead atoms. The summed E-state index contributed by atoms with van der Waals surface area (Å²) in [5.41, 5.74) is 6.22. The van der Waals surface area contributed by atoms with Crippen LogP contribution < -0.4 is 5.73 Å². The molecule has 2 aliphatic heterocycles. The molecule has 0 amide bonds. The van der Waals surface area contributed by atoms with Crippen LogP contribution in [0.2, 0.25) is 0 Å². The Bertz CT molecular complexity index is 206. The maximum Gasteiger partial charge on any atom is 0.0471 e.